The molecule has 0 N–H and O–H groups in total. The number of rotatable bonds is 0. The van der Waals surface area contributed by atoms with Crippen LogP contribution in [0, 0.1) is 13.8 Å². The van der Waals surface area contributed by atoms with Crippen LogP contribution in [0.4, 0.5) is 0 Å². The number of aromatic nitrogens is 2. The first-order valence-electron chi connectivity index (χ1n) is 5.75. The average molecular weight is 530 g/mol. The van der Waals surface area contributed by atoms with E-state index < -0.39 is 14.9 Å². The predicted molar refractivity (Wildman–Crippen MR) is 97.4 cm³/mol. The molecule has 2 rings (SSSR count). The maximum absolute atomic E-state index is 4.38. The van der Waals surface area contributed by atoms with Crippen molar-refractivity contribution in [2.45, 2.75) is 13.8 Å². The van der Waals surface area contributed by atoms with Crippen LogP contribution in [0.5, 0.6) is 0 Å². The molecule has 0 amide bonds. The Morgan fingerprint density at radius 3 is 1.05 bits per heavy atom. The molecular formula is C14H22N2S4W. The molecule has 0 unspecified atom stereocenters. The van der Waals surface area contributed by atoms with Gasteiger partial charge in [0.05, 0.1) is 0 Å². The number of hydrogen-bond acceptors (Lipinski definition) is 4. The third-order valence-electron chi connectivity index (χ3n) is 2.29. The molecule has 0 atom stereocenters. The van der Waals surface area contributed by atoms with Crippen molar-refractivity contribution in [1.82, 2.24) is 0 Å². The third-order valence-corrected chi connectivity index (χ3v) is 2.29. The van der Waals surface area contributed by atoms with Gasteiger partial charge >= 0.3 is 34.6 Å². The molecule has 21 heavy (non-hydrogen) atoms. The molecule has 0 spiro atoms. The van der Waals surface area contributed by atoms with E-state index in [1.54, 1.807) is 0 Å². The number of thiol groups is 2. The van der Waals surface area contributed by atoms with Gasteiger partial charge in [-0.15, -0.1) is 0 Å². The van der Waals surface area contributed by atoms with Crippen molar-refractivity contribution in [2.75, 3.05) is 0 Å². The summed E-state index contributed by atoms with van der Waals surface area (Å²) in [6.45, 7) is 4.17. The second-order valence-electron chi connectivity index (χ2n) is 4.15. The van der Waals surface area contributed by atoms with Crippen molar-refractivity contribution in [3.05, 3.63) is 60.2 Å². The maximum atomic E-state index is 4.38. The van der Waals surface area contributed by atoms with Crippen molar-refractivity contribution in [3.63, 3.8) is 0 Å². The molecule has 0 radical (unpaired) electrons. The van der Waals surface area contributed by atoms with Crippen molar-refractivity contribution < 1.29 is 24.1 Å². The number of aryl methyl sites for hydroxylation is 4. The summed E-state index contributed by atoms with van der Waals surface area (Å²) in [4.78, 5) is 0. The number of nitrogens with zero attached hydrogens (tertiary/aromatic N) is 2. The molecule has 2 aromatic heterocycles. The summed E-state index contributed by atoms with van der Waals surface area (Å²) in [5.74, 6) is 0. The third kappa shape index (κ3) is 16.3. The Morgan fingerprint density at radius 1 is 0.714 bits per heavy atom. The fraction of sp³-hybridized carbons (Fsp3) is 0.286. The van der Waals surface area contributed by atoms with Crippen LogP contribution in [-0.4, -0.2) is 0 Å². The first-order chi connectivity index (χ1) is 8.99. The van der Waals surface area contributed by atoms with E-state index in [1.165, 1.54) is 11.1 Å². The van der Waals surface area contributed by atoms with Gasteiger partial charge in [-0.1, -0.05) is 0 Å². The van der Waals surface area contributed by atoms with Crippen molar-refractivity contribution in [2.24, 2.45) is 14.1 Å². The predicted octanol–water partition coefficient (Wildman–Crippen LogP) is 2.39. The Labute approximate surface area is 157 Å². The van der Waals surface area contributed by atoms with Gasteiger partial charge in [-0.05, 0) is 25.0 Å². The van der Waals surface area contributed by atoms with Crippen LogP contribution < -0.4 is 9.13 Å². The Bertz CT molecular complexity index is 424. The SMILES string of the molecule is Cc1cc[n+](C)cc1.Cc1cc[n+](C)cc1.[SH-].[SH-].[S]=[W]=[S]. The second kappa shape index (κ2) is 16.5. The Kier molecular flexibility index (Phi) is 20.5. The first-order valence-corrected chi connectivity index (χ1v) is 13.6. The van der Waals surface area contributed by atoms with Gasteiger partial charge < -0.3 is 27.0 Å². The summed E-state index contributed by atoms with van der Waals surface area (Å²) in [7, 11) is 12.8. The van der Waals surface area contributed by atoms with Crippen LogP contribution in [0.25, 0.3) is 0 Å². The molecule has 0 aliphatic rings. The summed E-state index contributed by atoms with van der Waals surface area (Å²) in [6, 6.07) is 8.33. The zero-order chi connectivity index (χ0) is 14.7. The second-order valence-corrected chi connectivity index (χ2v) is 9.09. The van der Waals surface area contributed by atoms with Crippen LogP contribution in [0.2, 0.25) is 0 Å². The first kappa shape index (κ1) is 26.0. The van der Waals surface area contributed by atoms with Gasteiger partial charge in [-0.2, -0.15) is 0 Å². The van der Waals surface area contributed by atoms with Crippen LogP contribution in [0.3, 0.4) is 0 Å². The molecular weight excluding hydrogens is 508 g/mol. The minimum absolute atomic E-state index is 0. The van der Waals surface area contributed by atoms with E-state index >= 15 is 0 Å². The topological polar surface area (TPSA) is 7.76 Å². The van der Waals surface area contributed by atoms with E-state index in [1.807, 2.05) is 48.0 Å². The van der Waals surface area contributed by atoms with Gasteiger partial charge in [0.15, 0.2) is 24.8 Å². The molecule has 0 aromatic carbocycles. The van der Waals surface area contributed by atoms with Gasteiger partial charge in [-0.25, -0.2) is 9.13 Å². The summed E-state index contributed by atoms with van der Waals surface area (Å²) in [5.41, 5.74) is 2.62. The van der Waals surface area contributed by atoms with Gasteiger partial charge in [0.25, 0.3) is 0 Å². The standard InChI is InChI=1S/2C7H10N.2H2S.2S.W/c2*1-7-3-5-8(2)6-4-7;;;;;/h2*3-6H,1-2H3;2*1H2;;;/q2*+1;;;;;/p-2. The minimum atomic E-state index is -0.583. The Balaban J connectivity index is -0.000000242. The summed E-state index contributed by atoms with van der Waals surface area (Å²) in [5, 5.41) is 0. The molecule has 0 fully saturated rings. The van der Waals surface area contributed by atoms with E-state index in [4.69, 9.17) is 0 Å². The van der Waals surface area contributed by atoms with E-state index in [2.05, 4.69) is 57.8 Å². The normalized spacial score (nSPS) is 7.62. The monoisotopic (exact) mass is 530 g/mol. The fourth-order valence-electron chi connectivity index (χ4n) is 1.15. The molecule has 0 saturated carbocycles. The van der Waals surface area contributed by atoms with Crippen LogP contribution >= 0.6 is 19.6 Å². The summed E-state index contributed by atoms with van der Waals surface area (Å²) >= 11 is -0.583. The molecule has 118 valence electrons. The van der Waals surface area contributed by atoms with Crippen molar-refractivity contribution in [1.29, 1.82) is 0 Å². The average Bonchev–Trinajstić information content (AvgIpc) is 2.38. The van der Waals surface area contributed by atoms with E-state index in [0.29, 0.717) is 0 Å². The molecule has 0 aliphatic heterocycles. The quantitative estimate of drug-likeness (QED) is 0.294. The van der Waals surface area contributed by atoms with E-state index in [9.17, 15) is 0 Å². The molecule has 2 aromatic rings. The Hall–Kier alpha value is 0.128. The molecule has 7 heteroatoms. The summed E-state index contributed by atoms with van der Waals surface area (Å²) in [6.07, 6.45) is 8.15. The molecule has 0 saturated heterocycles. The van der Waals surface area contributed by atoms with Gasteiger partial charge in [0.1, 0.15) is 14.1 Å². The Morgan fingerprint density at radius 2 is 0.905 bits per heavy atom. The van der Waals surface area contributed by atoms with E-state index in [0.717, 1.165) is 0 Å². The molecule has 2 nitrogen and oxygen atoms in total. The fourth-order valence-corrected chi connectivity index (χ4v) is 1.15. The van der Waals surface area contributed by atoms with Gasteiger partial charge in [-0.3, -0.25) is 0 Å². The summed E-state index contributed by atoms with van der Waals surface area (Å²) < 4.78 is 4.04. The molecule has 0 bridgehead atoms. The number of pyridine rings is 2. The zero-order valence-corrected chi connectivity index (χ0v) is 19.0. The number of hydrogen-bond donors (Lipinski definition) is 0. The molecule has 0 aliphatic carbocycles. The zero-order valence-electron chi connectivity index (χ0n) is 12.6. The van der Waals surface area contributed by atoms with Gasteiger partial charge in [0.2, 0.25) is 0 Å². The van der Waals surface area contributed by atoms with Gasteiger partial charge in [0, 0.05) is 24.3 Å². The van der Waals surface area contributed by atoms with Crippen LogP contribution in [-0.2, 0) is 56.0 Å². The van der Waals surface area contributed by atoms with Crippen molar-refractivity contribution >= 4 is 46.6 Å². The molecule has 2 heterocycles. The van der Waals surface area contributed by atoms with Crippen LogP contribution in [0.15, 0.2) is 49.1 Å². The van der Waals surface area contributed by atoms with E-state index in [-0.39, 0.29) is 27.0 Å². The van der Waals surface area contributed by atoms with Crippen LogP contribution in [0.1, 0.15) is 11.1 Å². The van der Waals surface area contributed by atoms with Crippen molar-refractivity contribution in [3.8, 4) is 0 Å².